The molecule has 0 aliphatic carbocycles. The molecule has 0 fully saturated rings. The highest BCUT2D eigenvalue weighted by Gasteiger charge is 2.30. The van der Waals surface area contributed by atoms with Crippen molar-refractivity contribution in [3.63, 3.8) is 0 Å². The van der Waals surface area contributed by atoms with Crippen LogP contribution in [0.1, 0.15) is 440 Å². The van der Waals surface area contributed by atoms with Crippen LogP contribution in [-0.2, 0) is 65.4 Å². The molecule has 3 N–H and O–H groups in total. The lowest BCUT2D eigenvalue weighted by Gasteiger charge is -2.21. The number of rotatable bonds is 82. The van der Waals surface area contributed by atoms with Gasteiger partial charge in [-0.05, 0) is 37.5 Å². The second-order valence-electron chi connectivity index (χ2n) is 30.6. The standard InChI is InChI=1S/C83H162O17P2/c1-7-10-12-14-16-18-20-22-24-25-26-27-28-30-36-40-44-48-56-62-67-82(87)99-78(71-93-80(85)65-59-53-46-42-38-34-32-31-33-37-41-45-52-58-64-76(6)9-3)73-97-101(89,90)95-69-77(84)70-96-102(91,92)98-74-79(72-94-81(86)66-60-54-50-49-51-57-63-75(4)5)100-83(88)68-61-55-47-43-39-35-29-23-21-19-17-15-13-11-8-2/h75-79,84H,7-74H2,1-6H3,(H,89,90)(H,91,92)/t76?,77-,78-,79-/m1/s1. The second kappa shape index (κ2) is 74.5. The minimum Gasteiger partial charge on any atom is -0.462 e. The van der Waals surface area contributed by atoms with Crippen LogP contribution in [0, 0.1) is 11.8 Å². The number of esters is 4. The highest BCUT2D eigenvalue weighted by molar-refractivity contribution is 7.47. The molecule has 0 saturated heterocycles. The Balaban J connectivity index is 5.22. The molecular weight excluding hydrogens is 1330 g/mol. The van der Waals surface area contributed by atoms with Crippen LogP contribution in [0.15, 0.2) is 0 Å². The number of carbonyl (C=O) groups is 4. The zero-order chi connectivity index (χ0) is 74.9. The second-order valence-corrected chi connectivity index (χ2v) is 33.5. The number of carbonyl (C=O) groups excluding carboxylic acids is 4. The van der Waals surface area contributed by atoms with Crippen LogP contribution in [0.2, 0.25) is 0 Å². The minimum atomic E-state index is -4.96. The normalized spacial score (nSPS) is 14.1. The fraction of sp³-hybridized carbons (Fsp3) is 0.952. The number of hydrogen-bond donors (Lipinski definition) is 3. The molecule has 0 saturated carbocycles. The molecule has 3 unspecified atom stereocenters. The summed E-state index contributed by atoms with van der Waals surface area (Å²) in [4.78, 5) is 73.1. The van der Waals surface area contributed by atoms with Gasteiger partial charge in [0.2, 0.25) is 0 Å². The van der Waals surface area contributed by atoms with E-state index in [0.29, 0.717) is 31.6 Å². The van der Waals surface area contributed by atoms with Gasteiger partial charge in [0.1, 0.15) is 19.3 Å². The molecule has 0 aliphatic rings. The van der Waals surface area contributed by atoms with Gasteiger partial charge in [0.05, 0.1) is 26.4 Å². The molecule has 0 rings (SSSR count). The molecule has 0 heterocycles. The number of aliphatic hydroxyl groups excluding tert-OH is 1. The molecule has 0 aromatic heterocycles. The van der Waals surface area contributed by atoms with Crippen molar-refractivity contribution >= 4 is 39.5 Å². The van der Waals surface area contributed by atoms with Crippen molar-refractivity contribution in [3.8, 4) is 0 Å². The van der Waals surface area contributed by atoms with Crippen LogP contribution in [0.25, 0.3) is 0 Å². The monoisotopic (exact) mass is 1490 g/mol. The summed E-state index contributed by atoms with van der Waals surface area (Å²) in [5, 5.41) is 10.6. The van der Waals surface area contributed by atoms with Crippen LogP contribution >= 0.6 is 15.6 Å². The Morgan fingerprint density at radius 1 is 0.284 bits per heavy atom. The van der Waals surface area contributed by atoms with Crippen LogP contribution in [-0.4, -0.2) is 96.7 Å². The molecule has 0 amide bonds. The highest BCUT2D eigenvalue weighted by atomic mass is 31.2. The maximum Gasteiger partial charge on any atom is 0.472 e. The number of phosphoric ester groups is 2. The molecule has 19 heteroatoms. The van der Waals surface area contributed by atoms with Gasteiger partial charge in [-0.25, -0.2) is 9.13 Å². The maximum atomic E-state index is 13.1. The summed E-state index contributed by atoms with van der Waals surface area (Å²) in [5.74, 6) is -0.578. The quantitative estimate of drug-likeness (QED) is 0.0222. The molecule has 606 valence electrons. The van der Waals surface area contributed by atoms with Gasteiger partial charge in [0.25, 0.3) is 0 Å². The van der Waals surface area contributed by atoms with E-state index in [2.05, 4.69) is 41.5 Å². The summed E-state index contributed by atoms with van der Waals surface area (Å²) >= 11 is 0. The number of aliphatic hydroxyl groups is 1. The Morgan fingerprint density at radius 2 is 0.500 bits per heavy atom. The SMILES string of the molecule is CCCCCCCCCCCCCCCCCCCCCCC(=O)O[C@H](COC(=O)CCCCCCCCCCCCCCCCC(C)CC)COP(=O)(O)OC[C@@H](O)COP(=O)(O)OC[C@@H](COC(=O)CCCCCCCCC(C)C)OC(=O)CCCCCCCCCCCCCCCCC. The molecule has 6 atom stereocenters. The van der Waals surface area contributed by atoms with E-state index in [1.54, 1.807) is 0 Å². The van der Waals surface area contributed by atoms with Crippen molar-refractivity contribution in [3.05, 3.63) is 0 Å². The first-order valence-electron chi connectivity index (χ1n) is 43.0. The summed E-state index contributed by atoms with van der Waals surface area (Å²) in [7, 11) is -9.92. The lowest BCUT2D eigenvalue weighted by atomic mass is 9.99. The van der Waals surface area contributed by atoms with Crippen molar-refractivity contribution < 1.29 is 80.2 Å². The van der Waals surface area contributed by atoms with Crippen molar-refractivity contribution in [1.82, 2.24) is 0 Å². The van der Waals surface area contributed by atoms with Gasteiger partial charge in [-0.1, -0.05) is 388 Å². The van der Waals surface area contributed by atoms with E-state index in [4.69, 9.17) is 37.0 Å². The van der Waals surface area contributed by atoms with Gasteiger partial charge in [-0.2, -0.15) is 0 Å². The predicted molar refractivity (Wildman–Crippen MR) is 418 cm³/mol. The molecule has 0 spiro atoms. The van der Waals surface area contributed by atoms with E-state index < -0.39 is 97.5 Å². The van der Waals surface area contributed by atoms with Gasteiger partial charge in [0, 0.05) is 25.7 Å². The van der Waals surface area contributed by atoms with Crippen LogP contribution in [0.4, 0.5) is 0 Å². The molecule has 0 bridgehead atoms. The zero-order valence-electron chi connectivity index (χ0n) is 66.9. The number of ether oxygens (including phenoxy) is 4. The zero-order valence-corrected chi connectivity index (χ0v) is 68.7. The third-order valence-electron chi connectivity index (χ3n) is 19.8. The van der Waals surface area contributed by atoms with Crippen molar-refractivity contribution in [2.24, 2.45) is 11.8 Å². The third kappa shape index (κ3) is 74.9. The molecule has 0 aromatic carbocycles. The lowest BCUT2D eigenvalue weighted by molar-refractivity contribution is -0.161. The maximum absolute atomic E-state index is 13.1. The molecular formula is C83H162O17P2. The smallest absolute Gasteiger partial charge is 0.462 e. The molecule has 0 aliphatic heterocycles. The molecule has 0 aromatic rings. The van der Waals surface area contributed by atoms with E-state index in [9.17, 15) is 43.2 Å². The largest absolute Gasteiger partial charge is 0.472 e. The fourth-order valence-electron chi connectivity index (χ4n) is 12.9. The van der Waals surface area contributed by atoms with E-state index in [0.717, 1.165) is 102 Å². The first-order chi connectivity index (χ1) is 49.4. The molecule has 0 radical (unpaired) electrons. The predicted octanol–water partition coefficient (Wildman–Crippen LogP) is 25.1. The minimum absolute atomic E-state index is 0.107. The van der Waals surface area contributed by atoms with Crippen LogP contribution < -0.4 is 0 Å². The Morgan fingerprint density at radius 3 is 0.745 bits per heavy atom. The summed E-state index contributed by atoms with van der Waals surface area (Å²) in [6.07, 6.45) is 65.4. The Kier molecular flexibility index (Phi) is 73.1. The average Bonchev–Trinajstić information content (AvgIpc) is 0.953. The molecule has 102 heavy (non-hydrogen) atoms. The first-order valence-corrected chi connectivity index (χ1v) is 46.0. The van der Waals surface area contributed by atoms with E-state index in [-0.39, 0.29) is 25.7 Å². The van der Waals surface area contributed by atoms with Crippen LogP contribution in [0.5, 0.6) is 0 Å². The van der Waals surface area contributed by atoms with Crippen molar-refractivity contribution in [1.29, 1.82) is 0 Å². The van der Waals surface area contributed by atoms with E-state index in [1.165, 1.54) is 250 Å². The van der Waals surface area contributed by atoms with Gasteiger partial charge in [0.15, 0.2) is 12.2 Å². The van der Waals surface area contributed by atoms with Crippen molar-refractivity contribution in [2.75, 3.05) is 39.6 Å². The Labute approximate surface area is 626 Å². The first kappa shape index (κ1) is 100. The lowest BCUT2D eigenvalue weighted by Crippen LogP contribution is -2.30. The van der Waals surface area contributed by atoms with Gasteiger partial charge in [-0.3, -0.25) is 37.3 Å². The fourth-order valence-corrected chi connectivity index (χ4v) is 14.4. The van der Waals surface area contributed by atoms with E-state index >= 15 is 0 Å². The number of hydrogen-bond acceptors (Lipinski definition) is 15. The number of unbranched alkanes of at least 4 members (excludes halogenated alkanes) is 51. The van der Waals surface area contributed by atoms with Gasteiger partial charge >= 0.3 is 39.5 Å². The summed E-state index contributed by atoms with van der Waals surface area (Å²) < 4.78 is 68.8. The Hall–Kier alpha value is -1.94. The summed E-state index contributed by atoms with van der Waals surface area (Å²) in [6, 6.07) is 0. The van der Waals surface area contributed by atoms with Gasteiger partial charge in [-0.15, -0.1) is 0 Å². The van der Waals surface area contributed by atoms with E-state index in [1.807, 2.05) is 0 Å². The van der Waals surface area contributed by atoms with Crippen LogP contribution in [0.3, 0.4) is 0 Å². The molecule has 17 nitrogen and oxygen atoms in total. The summed E-state index contributed by atoms with van der Waals surface area (Å²) in [6.45, 7) is 9.62. The van der Waals surface area contributed by atoms with Gasteiger partial charge < -0.3 is 33.8 Å². The highest BCUT2D eigenvalue weighted by Crippen LogP contribution is 2.45. The number of phosphoric acid groups is 2. The Bertz CT molecular complexity index is 1960. The topological polar surface area (TPSA) is 237 Å². The summed E-state index contributed by atoms with van der Waals surface area (Å²) in [5.41, 5.74) is 0. The third-order valence-corrected chi connectivity index (χ3v) is 21.7. The van der Waals surface area contributed by atoms with Crippen molar-refractivity contribution in [2.45, 2.75) is 458 Å². The average molecular weight is 1490 g/mol.